The number of aryl methyl sites for hydroxylation is 2. The van der Waals surface area contributed by atoms with Crippen molar-refractivity contribution in [2.75, 3.05) is 31.1 Å². The van der Waals surface area contributed by atoms with Crippen molar-refractivity contribution in [2.45, 2.75) is 13.8 Å². The SMILES string of the molecule is Cc1cccc(-c2nc(C#N)c(N3CCN(C(=O)c4ccccc4C)CC3)o2)c1. The van der Waals surface area contributed by atoms with E-state index in [9.17, 15) is 10.1 Å². The summed E-state index contributed by atoms with van der Waals surface area (Å²) in [4.78, 5) is 21.0. The maximum absolute atomic E-state index is 12.8. The van der Waals surface area contributed by atoms with E-state index in [0.29, 0.717) is 38.0 Å². The maximum atomic E-state index is 12.8. The van der Waals surface area contributed by atoms with Gasteiger partial charge in [-0.3, -0.25) is 4.79 Å². The fraction of sp³-hybridized carbons (Fsp3) is 0.261. The van der Waals surface area contributed by atoms with Gasteiger partial charge in [0.25, 0.3) is 5.91 Å². The second-order valence-corrected chi connectivity index (χ2v) is 7.25. The van der Waals surface area contributed by atoms with Crippen molar-refractivity contribution in [3.63, 3.8) is 0 Å². The van der Waals surface area contributed by atoms with Gasteiger partial charge in [0.15, 0.2) is 0 Å². The number of aromatic nitrogens is 1. The number of nitrogens with zero attached hydrogens (tertiary/aromatic N) is 4. The van der Waals surface area contributed by atoms with E-state index in [-0.39, 0.29) is 11.6 Å². The Morgan fingerprint density at radius 1 is 1.07 bits per heavy atom. The molecule has 29 heavy (non-hydrogen) atoms. The monoisotopic (exact) mass is 386 g/mol. The molecule has 0 N–H and O–H groups in total. The minimum Gasteiger partial charge on any atom is -0.419 e. The third-order valence-corrected chi connectivity index (χ3v) is 5.21. The van der Waals surface area contributed by atoms with Gasteiger partial charge in [-0.25, -0.2) is 0 Å². The highest BCUT2D eigenvalue weighted by Gasteiger charge is 2.27. The molecule has 1 saturated heterocycles. The lowest BCUT2D eigenvalue weighted by Crippen LogP contribution is -2.49. The molecule has 2 heterocycles. The number of benzene rings is 2. The summed E-state index contributed by atoms with van der Waals surface area (Å²) in [5.74, 6) is 0.965. The summed E-state index contributed by atoms with van der Waals surface area (Å²) < 4.78 is 5.97. The first kappa shape index (κ1) is 18.8. The number of carbonyl (C=O) groups excluding carboxylic acids is 1. The summed E-state index contributed by atoms with van der Waals surface area (Å²) in [6.45, 7) is 6.27. The van der Waals surface area contributed by atoms with Crippen LogP contribution in [0.15, 0.2) is 52.9 Å². The van der Waals surface area contributed by atoms with Crippen LogP contribution in [0.25, 0.3) is 11.5 Å². The van der Waals surface area contributed by atoms with Gasteiger partial charge in [0.2, 0.25) is 17.5 Å². The van der Waals surface area contributed by atoms with E-state index < -0.39 is 0 Å². The van der Waals surface area contributed by atoms with Crippen molar-refractivity contribution in [2.24, 2.45) is 0 Å². The van der Waals surface area contributed by atoms with Gasteiger partial charge in [0.1, 0.15) is 6.07 Å². The number of piperazine rings is 1. The molecule has 0 unspecified atom stereocenters. The predicted molar refractivity (Wildman–Crippen MR) is 111 cm³/mol. The molecule has 3 aromatic rings. The van der Waals surface area contributed by atoms with E-state index in [4.69, 9.17) is 4.42 Å². The first-order valence-corrected chi connectivity index (χ1v) is 9.64. The van der Waals surface area contributed by atoms with Crippen molar-refractivity contribution < 1.29 is 9.21 Å². The molecule has 1 amide bonds. The second kappa shape index (κ2) is 7.80. The number of anilines is 1. The topological polar surface area (TPSA) is 73.4 Å². The molecular weight excluding hydrogens is 364 g/mol. The van der Waals surface area contributed by atoms with E-state index in [1.165, 1.54) is 0 Å². The van der Waals surface area contributed by atoms with E-state index in [1.807, 2.05) is 72.2 Å². The van der Waals surface area contributed by atoms with Gasteiger partial charge < -0.3 is 14.2 Å². The van der Waals surface area contributed by atoms with E-state index >= 15 is 0 Å². The Hall–Kier alpha value is -3.59. The molecule has 6 nitrogen and oxygen atoms in total. The minimum atomic E-state index is 0.0428. The van der Waals surface area contributed by atoms with Crippen LogP contribution in [0, 0.1) is 25.2 Å². The highest BCUT2D eigenvalue weighted by molar-refractivity contribution is 5.95. The molecule has 6 heteroatoms. The average Bonchev–Trinajstić information content (AvgIpc) is 3.18. The quantitative estimate of drug-likeness (QED) is 0.685. The molecule has 1 aliphatic rings. The summed E-state index contributed by atoms with van der Waals surface area (Å²) in [6.07, 6.45) is 0. The Bertz CT molecular complexity index is 1090. The highest BCUT2D eigenvalue weighted by atomic mass is 16.4. The van der Waals surface area contributed by atoms with Gasteiger partial charge >= 0.3 is 0 Å². The Labute approximate surface area is 170 Å². The lowest BCUT2D eigenvalue weighted by Gasteiger charge is -2.34. The highest BCUT2D eigenvalue weighted by Crippen LogP contribution is 2.29. The smallest absolute Gasteiger partial charge is 0.254 e. The molecule has 1 aliphatic heterocycles. The first-order valence-electron chi connectivity index (χ1n) is 9.64. The molecule has 1 aromatic heterocycles. The van der Waals surface area contributed by atoms with Crippen LogP contribution in [-0.4, -0.2) is 42.0 Å². The number of hydrogen-bond acceptors (Lipinski definition) is 5. The fourth-order valence-corrected chi connectivity index (χ4v) is 3.60. The normalized spacial score (nSPS) is 14.0. The summed E-state index contributed by atoms with van der Waals surface area (Å²) in [7, 11) is 0. The lowest BCUT2D eigenvalue weighted by molar-refractivity contribution is 0.0744. The van der Waals surface area contributed by atoms with Crippen LogP contribution in [0.1, 0.15) is 27.2 Å². The van der Waals surface area contributed by atoms with Crippen LogP contribution in [0.4, 0.5) is 5.88 Å². The predicted octanol–water partition coefficient (Wildman–Crippen LogP) is 3.79. The number of carbonyl (C=O) groups is 1. The van der Waals surface area contributed by atoms with Crippen molar-refractivity contribution in [1.82, 2.24) is 9.88 Å². The van der Waals surface area contributed by atoms with Gasteiger partial charge in [0, 0.05) is 37.3 Å². The molecule has 0 aliphatic carbocycles. The van der Waals surface area contributed by atoms with Crippen molar-refractivity contribution >= 4 is 11.8 Å². The summed E-state index contributed by atoms with van der Waals surface area (Å²) in [5, 5.41) is 9.52. The van der Waals surface area contributed by atoms with Crippen LogP contribution in [0.3, 0.4) is 0 Å². The van der Waals surface area contributed by atoms with E-state index in [1.54, 1.807) is 0 Å². The third kappa shape index (κ3) is 3.72. The zero-order valence-corrected chi connectivity index (χ0v) is 16.6. The number of rotatable bonds is 3. The van der Waals surface area contributed by atoms with E-state index in [2.05, 4.69) is 11.1 Å². The summed E-state index contributed by atoms with van der Waals surface area (Å²) in [5.41, 5.74) is 3.94. The Kier molecular flexibility index (Phi) is 5.05. The Morgan fingerprint density at radius 3 is 2.52 bits per heavy atom. The molecule has 4 rings (SSSR count). The maximum Gasteiger partial charge on any atom is 0.254 e. The fourth-order valence-electron chi connectivity index (χ4n) is 3.60. The molecule has 0 saturated carbocycles. The van der Waals surface area contributed by atoms with Gasteiger partial charge in [-0.05, 0) is 37.6 Å². The van der Waals surface area contributed by atoms with Crippen LogP contribution in [-0.2, 0) is 0 Å². The lowest BCUT2D eigenvalue weighted by atomic mass is 10.1. The van der Waals surface area contributed by atoms with Crippen molar-refractivity contribution in [1.29, 1.82) is 5.26 Å². The second-order valence-electron chi connectivity index (χ2n) is 7.25. The average molecular weight is 386 g/mol. The Morgan fingerprint density at radius 2 is 1.83 bits per heavy atom. The molecule has 2 aromatic carbocycles. The minimum absolute atomic E-state index is 0.0428. The standard InChI is InChI=1S/C23H22N4O2/c1-16-6-5-8-18(14-16)21-25-20(15-24)23(29-21)27-12-10-26(11-13-27)22(28)19-9-4-3-7-17(19)2/h3-9,14H,10-13H2,1-2H3. The van der Waals surface area contributed by atoms with Crippen LogP contribution < -0.4 is 4.90 Å². The van der Waals surface area contributed by atoms with E-state index in [0.717, 1.165) is 22.3 Å². The summed E-state index contributed by atoms with van der Waals surface area (Å²) >= 11 is 0. The first-order chi connectivity index (χ1) is 14.1. The third-order valence-electron chi connectivity index (χ3n) is 5.21. The number of amides is 1. The molecule has 0 radical (unpaired) electrons. The molecule has 0 bridgehead atoms. The van der Waals surface area contributed by atoms with Crippen LogP contribution in [0.2, 0.25) is 0 Å². The van der Waals surface area contributed by atoms with Gasteiger partial charge in [-0.1, -0.05) is 35.9 Å². The van der Waals surface area contributed by atoms with Crippen LogP contribution in [0.5, 0.6) is 0 Å². The van der Waals surface area contributed by atoms with Gasteiger partial charge in [0.05, 0.1) is 0 Å². The molecule has 0 spiro atoms. The number of hydrogen-bond donors (Lipinski definition) is 0. The van der Waals surface area contributed by atoms with Crippen LogP contribution >= 0.6 is 0 Å². The zero-order valence-electron chi connectivity index (χ0n) is 16.6. The van der Waals surface area contributed by atoms with Gasteiger partial charge in [-0.15, -0.1) is 0 Å². The zero-order chi connectivity index (χ0) is 20.4. The van der Waals surface area contributed by atoms with Gasteiger partial charge in [-0.2, -0.15) is 10.2 Å². The van der Waals surface area contributed by atoms with Crippen molar-refractivity contribution in [3.05, 3.63) is 70.9 Å². The molecular formula is C23H22N4O2. The Balaban J connectivity index is 1.51. The molecule has 1 fully saturated rings. The van der Waals surface area contributed by atoms with Crippen molar-refractivity contribution in [3.8, 4) is 17.5 Å². The summed E-state index contributed by atoms with van der Waals surface area (Å²) in [6, 6.07) is 17.6. The molecule has 146 valence electrons. The largest absolute Gasteiger partial charge is 0.419 e. The number of nitriles is 1. The molecule has 0 atom stereocenters. The number of oxazole rings is 1.